The Morgan fingerprint density at radius 1 is 1.19 bits per heavy atom. The van der Waals surface area contributed by atoms with Crippen molar-refractivity contribution < 1.29 is 8.78 Å². The molecule has 1 aliphatic heterocycles. The van der Waals surface area contributed by atoms with E-state index in [9.17, 15) is 8.78 Å². The molecular formula is C20H17BrF2N2S. The van der Waals surface area contributed by atoms with Crippen LogP contribution in [-0.2, 0) is 0 Å². The lowest BCUT2D eigenvalue weighted by atomic mass is 10.1. The molecule has 0 N–H and O–H groups in total. The average Bonchev–Trinajstić information content (AvgIpc) is 2.61. The zero-order valence-corrected chi connectivity index (χ0v) is 16.6. The van der Waals surface area contributed by atoms with Gasteiger partial charge in [-0.3, -0.25) is 0 Å². The van der Waals surface area contributed by atoms with Crippen molar-refractivity contribution in [2.24, 2.45) is 0 Å². The second-order valence-corrected chi connectivity index (χ2v) is 7.95. The Morgan fingerprint density at radius 3 is 2.69 bits per heavy atom. The molecule has 0 saturated carbocycles. The number of hydrogen-bond donors (Lipinski definition) is 0. The van der Waals surface area contributed by atoms with Crippen molar-refractivity contribution in [1.82, 2.24) is 9.29 Å². The van der Waals surface area contributed by atoms with E-state index >= 15 is 0 Å². The summed E-state index contributed by atoms with van der Waals surface area (Å²) in [6.07, 6.45) is 3.68. The molecule has 2 aromatic rings. The number of aromatic nitrogens is 1. The molecule has 1 saturated heterocycles. The standard InChI is InChI=1S/C20H17BrF2N2S/c1-14-4-2-6-16(24-14)7-3-5-15-8-10-25(11-9-15)26-20-13-18(22)17(21)12-19(20)23/h2,4-6,12-13H,8-11H2,1H3. The van der Waals surface area contributed by atoms with Crippen LogP contribution < -0.4 is 0 Å². The second kappa shape index (κ2) is 8.81. The maximum absolute atomic E-state index is 13.9. The zero-order valence-electron chi connectivity index (χ0n) is 14.2. The molecule has 26 heavy (non-hydrogen) atoms. The SMILES string of the molecule is Cc1cccc(C#CC=C2CCN(Sc3cc(F)c(Br)cc3F)CC2)n1. The first-order chi connectivity index (χ1) is 12.5. The normalized spacial score (nSPS) is 14.7. The second-order valence-electron chi connectivity index (χ2n) is 5.95. The van der Waals surface area contributed by atoms with Crippen LogP contribution in [0.4, 0.5) is 8.78 Å². The Labute approximate surface area is 165 Å². The summed E-state index contributed by atoms with van der Waals surface area (Å²) in [6, 6.07) is 8.18. The largest absolute Gasteiger partial charge is 0.246 e. The van der Waals surface area contributed by atoms with Crippen LogP contribution in [0.25, 0.3) is 0 Å². The van der Waals surface area contributed by atoms with E-state index in [1.165, 1.54) is 29.7 Å². The molecule has 0 spiro atoms. The van der Waals surface area contributed by atoms with Crippen molar-refractivity contribution in [3.63, 3.8) is 0 Å². The highest BCUT2D eigenvalue weighted by Crippen LogP contribution is 2.32. The van der Waals surface area contributed by atoms with Crippen molar-refractivity contribution in [2.75, 3.05) is 13.1 Å². The van der Waals surface area contributed by atoms with E-state index in [4.69, 9.17) is 0 Å². The first kappa shape index (κ1) is 19.1. The minimum atomic E-state index is -0.452. The topological polar surface area (TPSA) is 16.1 Å². The number of rotatable bonds is 2. The van der Waals surface area contributed by atoms with Gasteiger partial charge in [0.1, 0.15) is 17.3 Å². The van der Waals surface area contributed by atoms with E-state index in [0.717, 1.165) is 37.3 Å². The fourth-order valence-corrected chi connectivity index (χ4v) is 3.81. The van der Waals surface area contributed by atoms with Crippen molar-refractivity contribution in [3.8, 4) is 11.8 Å². The number of benzene rings is 1. The van der Waals surface area contributed by atoms with Gasteiger partial charge in [0, 0.05) is 18.8 Å². The summed E-state index contributed by atoms with van der Waals surface area (Å²) in [5.41, 5.74) is 2.98. The van der Waals surface area contributed by atoms with Gasteiger partial charge in [0.25, 0.3) is 0 Å². The summed E-state index contributed by atoms with van der Waals surface area (Å²) in [7, 11) is 0. The lowest BCUT2D eigenvalue weighted by molar-refractivity contribution is 0.432. The Kier molecular flexibility index (Phi) is 6.47. The number of pyridine rings is 1. The highest BCUT2D eigenvalue weighted by Gasteiger charge is 2.17. The third-order valence-corrected chi connectivity index (χ3v) is 5.67. The van der Waals surface area contributed by atoms with Gasteiger partial charge in [0.05, 0.1) is 9.37 Å². The number of aryl methyl sites for hydroxylation is 1. The quantitative estimate of drug-likeness (QED) is 0.352. The number of piperidine rings is 1. The molecule has 1 fully saturated rings. The minimum Gasteiger partial charge on any atom is -0.246 e. The van der Waals surface area contributed by atoms with Crippen LogP contribution in [0.2, 0.25) is 0 Å². The molecule has 3 rings (SSSR count). The molecule has 1 aromatic heterocycles. The molecule has 0 unspecified atom stereocenters. The van der Waals surface area contributed by atoms with Crippen molar-refractivity contribution >= 4 is 27.9 Å². The van der Waals surface area contributed by atoms with E-state index in [-0.39, 0.29) is 4.47 Å². The van der Waals surface area contributed by atoms with Crippen LogP contribution in [-0.4, -0.2) is 22.4 Å². The molecule has 1 aromatic carbocycles. The summed E-state index contributed by atoms with van der Waals surface area (Å²) in [6.45, 7) is 3.49. The Balaban J connectivity index is 1.57. The molecule has 0 atom stereocenters. The summed E-state index contributed by atoms with van der Waals surface area (Å²) in [5.74, 6) is 5.25. The predicted octanol–water partition coefficient (Wildman–Crippen LogP) is 5.51. The van der Waals surface area contributed by atoms with Gasteiger partial charge in [-0.25, -0.2) is 18.1 Å². The van der Waals surface area contributed by atoms with Gasteiger partial charge in [0.2, 0.25) is 0 Å². The van der Waals surface area contributed by atoms with Gasteiger partial charge in [-0.05, 0) is 83.9 Å². The maximum atomic E-state index is 13.9. The van der Waals surface area contributed by atoms with E-state index in [2.05, 4.69) is 37.1 Å². The average molecular weight is 435 g/mol. The summed E-state index contributed by atoms with van der Waals surface area (Å²) in [4.78, 5) is 4.66. The zero-order chi connectivity index (χ0) is 18.5. The Bertz CT molecular complexity index is 892. The molecule has 0 bridgehead atoms. The molecule has 6 heteroatoms. The van der Waals surface area contributed by atoms with Crippen LogP contribution >= 0.6 is 27.9 Å². The van der Waals surface area contributed by atoms with E-state index in [1.807, 2.05) is 31.2 Å². The first-order valence-corrected chi connectivity index (χ1v) is 9.78. The van der Waals surface area contributed by atoms with E-state index in [1.54, 1.807) is 0 Å². The summed E-state index contributed by atoms with van der Waals surface area (Å²) in [5, 5.41) is 0. The highest BCUT2D eigenvalue weighted by atomic mass is 79.9. The molecule has 0 amide bonds. The fraction of sp³-hybridized carbons (Fsp3) is 0.250. The van der Waals surface area contributed by atoms with Gasteiger partial charge < -0.3 is 0 Å². The Morgan fingerprint density at radius 2 is 1.96 bits per heavy atom. The number of halogens is 3. The van der Waals surface area contributed by atoms with Crippen LogP contribution in [0.3, 0.4) is 0 Å². The molecular weight excluding hydrogens is 418 g/mol. The third kappa shape index (κ3) is 5.16. The van der Waals surface area contributed by atoms with Crippen molar-refractivity contribution in [3.05, 3.63) is 69.5 Å². The van der Waals surface area contributed by atoms with Crippen molar-refractivity contribution in [2.45, 2.75) is 24.7 Å². The minimum absolute atomic E-state index is 0.143. The van der Waals surface area contributed by atoms with Crippen LogP contribution in [0, 0.1) is 30.4 Å². The van der Waals surface area contributed by atoms with E-state index in [0.29, 0.717) is 4.90 Å². The fourth-order valence-electron chi connectivity index (χ4n) is 2.55. The summed E-state index contributed by atoms with van der Waals surface area (Å²) < 4.78 is 29.7. The molecule has 2 nitrogen and oxygen atoms in total. The highest BCUT2D eigenvalue weighted by molar-refractivity contribution is 9.10. The number of hydrogen-bond acceptors (Lipinski definition) is 3. The lowest BCUT2D eigenvalue weighted by Gasteiger charge is -2.26. The molecule has 0 radical (unpaired) electrons. The molecule has 1 aliphatic rings. The monoisotopic (exact) mass is 434 g/mol. The van der Waals surface area contributed by atoms with Crippen molar-refractivity contribution in [1.29, 1.82) is 0 Å². The summed E-state index contributed by atoms with van der Waals surface area (Å²) >= 11 is 4.26. The predicted molar refractivity (Wildman–Crippen MR) is 105 cm³/mol. The third-order valence-electron chi connectivity index (χ3n) is 3.93. The molecule has 0 aliphatic carbocycles. The smallest absolute Gasteiger partial charge is 0.139 e. The van der Waals surface area contributed by atoms with Crippen LogP contribution in [0.1, 0.15) is 24.2 Å². The Hall–Kier alpha value is -1.68. The number of nitrogens with zero attached hydrogens (tertiary/aromatic N) is 2. The molecule has 134 valence electrons. The van der Waals surface area contributed by atoms with Gasteiger partial charge in [-0.2, -0.15) is 0 Å². The van der Waals surface area contributed by atoms with Gasteiger partial charge >= 0.3 is 0 Å². The van der Waals surface area contributed by atoms with E-state index < -0.39 is 11.6 Å². The van der Waals surface area contributed by atoms with Crippen LogP contribution in [0.15, 0.2) is 51.3 Å². The first-order valence-electron chi connectivity index (χ1n) is 8.22. The maximum Gasteiger partial charge on any atom is 0.139 e. The van der Waals surface area contributed by atoms with Crippen LogP contribution in [0.5, 0.6) is 0 Å². The molecule has 2 heterocycles. The van der Waals surface area contributed by atoms with Gasteiger partial charge in [0.15, 0.2) is 0 Å². The van der Waals surface area contributed by atoms with Gasteiger partial charge in [-0.1, -0.05) is 17.6 Å². The number of allylic oxidation sites excluding steroid dienone is 1. The lowest BCUT2D eigenvalue weighted by Crippen LogP contribution is -2.24. The van der Waals surface area contributed by atoms with Gasteiger partial charge in [-0.15, -0.1) is 0 Å².